The van der Waals surface area contributed by atoms with Crippen LogP contribution in [-0.2, 0) is 15.8 Å². The van der Waals surface area contributed by atoms with Crippen LogP contribution in [0.2, 0.25) is 0 Å². The summed E-state index contributed by atoms with van der Waals surface area (Å²) in [4.78, 5) is 0. The maximum atomic E-state index is 11.8. The first-order valence-electron chi connectivity index (χ1n) is 5.78. The zero-order valence-corrected chi connectivity index (χ0v) is 11.1. The molecule has 0 heterocycles. The van der Waals surface area contributed by atoms with Crippen molar-refractivity contribution in [2.24, 2.45) is 0 Å². The third-order valence-corrected chi connectivity index (χ3v) is 3.68. The van der Waals surface area contributed by atoms with E-state index in [0.717, 1.165) is 12.1 Å². The Hall–Kier alpha value is -0.910. The molecule has 5 heteroatoms. The fourth-order valence-electron chi connectivity index (χ4n) is 1.52. The van der Waals surface area contributed by atoms with Gasteiger partial charge in [0.1, 0.15) is 0 Å². The molecule has 17 heavy (non-hydrogen) atoms. The zero-order valence-electron chi connectivity index (χ0n) is 10.3. The molecule has 0 radical (unpaired) electrons. The van der Waals surface area contributed by atoms with Crippen molar-refractivity contribution >= 4 is 10.0 Å². The second kappa shape index (κ2) is 6.74. The predicted molar refractivity (Wildman–Crippen MR) is 70.2 cm³/mol. The number of nitrogens with one attached hydrogen (secondary N) is 2. The highest BCUT2D eigenvalue weighted by atomic mass is 32.2. The highest BCUT2D eigenvalue weighted by Crippen LogP contribution is 2.03. The van der Waals surface area contributed by atoms with Crippen molar-refractivity contribution in [2.45, 2.75) is 25.6 Å². The Morgan fingerprint density at radius 3 is 2.47 bits per heavy atom. The minimum Gasteiger partial charge on any atom is -0.313 e. The first-order valence-corrected chi connectivity index (χ1v) is 7.43. The lowest BCUT2D eigenvalue weighted by atomic mass is 10.2. The van der Waals surface area contributed by atoms with E-state index in [9.17, 15) is 8.42 Å². The van der Waals surface area contributed by atoms with E-state index in [2.05, 4.69) is 10.0 Å². The normalized spacial score (nSPS) is 13.5. The van der Waals surface area contributed by atoms with E-state index in [-0.39, 0.29) is 11.8 Å². The summed E-state index contributed by atoms with van der Waals surface area (Å²) in [5.74, 6) is 0.0344. The average molecular weight is 256 g/mol. The first-order chi connectivity index (χ1) is 8.03. The van der Waals surface area contributed by atoms with Crippen molar-refractivity contribution in [3.8, 4) is 0 Å². The fraction of sp³-hybridized carbons (Fsp3) is 0.500. The molecule has 96 valence electrons. The summed E-state index contributed by atoms with van der Waals surface area (Å²) in [6, 6.07) is 9.32. The molecule has 0 saturated carbocycles. The van der Waals surface area contributed by atoms with Crippen LogP contribution in [0.1, 0.15) is 19.4 Å². The molecule has 1 atom stereocenters. The van der Waals surface area contributed by atoms with Crippen molar-refractivity contribution < 1.29 is 8.42 Å². The molecule has 0 spiro atoms. The van der Waals surface area contributed by atoms with E-state index >= 15 is 0 Å². The second-order valence-electron chi connectivity index (χ2n) is 4.05. The molecule has 0 unspecified atom stereocenters. The van der Waals surface area contributed by atoms with Gasteiger partial charge in [-0.1, -0.05) is 37.3 Å². The molecule has 1 aromatic carbocycles. The third kappa shape index (κ3) is 5.81. The largest absolute Gasteiger partial charge is 0.313 e. The summed E-state index contributed by atoms with van der Waals surface area (Å²) in [6.45, 7) is 5.20. The summed E-state index contributed by atoms with van der Waals surface area (Å²) in [7, 11) is -3.24. The number of rotatable bonds is 7. The Bertz CT molecular complexity index is 417. The van der Waals surface area contributed by atoms with Crippen molar-refractivity contribution in [3.05, 3.63) is 35.9 Å². The standard InChI is InChI=1S/C12H20N2O2S/c1-3-13-11(2)9-14-17(15,16)10-12-7-5-4-6-8-12/h4-8,11,13-14H,3,9-10H2,1-2H3/t11-/m1/s1. The third-order valence-electron chi connectivity index (χ3n) is 2.36. The van der Waals surface area contributed by atoms with Gasteiger partial charge in [-0.05, 0) is 19.0 Å². The van der Waals surface area contributed by atoms with Crippen molar-refractivity contribution in [2.75, 3.05) is 13.1 Å². The minimum absolute atomic E-state index is 0.0344. The molecule has 0 bridgehead atoms. The van der Waals surface area contributed by atoms with Gasteiger partial charge in [-0.25, -0.2) is 13.1 Å². The Balaban J connectivity index is 2.47. The van der Waals surface area contributed by atoms with Gasteiger partial charge in [0.15, 0.2) is 0 Å². The van der Waals surface area contributed by atoms with E-state index < -0.39 is 10.0 Å². The average Bonchev–Trinajstić information content (AvgIpc) is 2.28. The second-order valence-corrected chi connectivity index (χ2v) is 5.86. The topological polar surface area (TPSA) is 58.2 Å². The van der Waals surface area contributed by atoms with Gasteiger partial charge in [0.05, 0.1) is 5.75 Å². The van der Waals surface area contributed by atoms with Crippen molar-refractivity contribution in [1.29, 1.82) is 0 Å². The summed E-state index contributed by atoms with van der Waals surface area (Å²) >= 11 is 0. The SMILES string of the molecule is CCN[C@H](C)CNS(=O)(=O)Cc1ccccc1. The molecule has 0 fully saturated rings. The van der Waals surface area contributed by atoms with Crippen molar-refractivity contribution in [1.82, 2.24) is 10.0 Å². The van der Waals surface area contributed by atoms with E-state index in [0.29, 0.717) is 6.54 Å². The van der Waals surface area contributed by atoms with Gasteiger partial charge in [0, 0.05) is 12.6 Å². The van der Waals surface area contributed by atoms with Gasteiger partial charge in [-0.2, -0.15) is 0 Å². The molecule has 0 aliphatic heterocycles. The molecule has 0 saturated heterocycles. The molecule has 1 aromatic rings. The first kappa shape index (κ1) is 14.2. The lowest BCUT2D eigenvalue weighted by molar-refractivity contribution is 0.535. The molecule has 0 amide bonds. The quantitative estimate of drug-likeness (QED) is 0.768. The van der Waals surface area contributed by atoms with Crippen LogP contribution in [-0.4, -0.2) is 27.5 Å². The van der Waals surface area contributed by atoms with E-state index in [4.69, 9.17) is 0 Å². The Kier molecular flexibility index (Phi) is 5.61. The van der Waals surface area contributed by atoms with Gasteiger partial charge in [-0.15, -0.1) is 0 Å². The number of benzene rings is 1. The van der Waals surface area contributed by atoms with E-state index in [1.165, 1.54) is 0 Å². The molecular formula is C12H20N2O2S. The fourth-order valence-corrected chi connectivity index (χ4v) is 2.75. The molecule has 1 rings (SSSR count). The zero-order chi connectivity index (χ0) is 12.7. The van der Waals surface area contributed by atoms with Gasteiger partial charge in [0.2, 0.25) is 10.0 Å². The summed E-state index contributed by atoms with van der Waals surface area (Å²) < 4.78 is 26.1. The molecule has 4 nitrogen and oxygen atoms in total. The maximum Gasteiger partial charge on any atom is 0.215 e. The molecule has 0 aromatic heterocycles. The van der Waals surface area contributed by atoms with Crippen LogP contribution in [0.4, 0.5) is 0 Å². The lowest BCUT2D eigenvalue weighted by Crippen LogP contribution is -2.39. The Labute approximate surface area is 103 Å². The van der Waals surface area contributed by atoms with E-state index in [1.807, 2.05) is 44.2 Å². The summed E-state index contributed by atoms with van der Waals surface area (Å²) in [6.07, 6.45) is 0. The van der Waals surface area contributed by atoms with Crippen LogP contribution < -0.4 is 10.0 Å². The predicted octanol–water partition coefficient (Wildman–Crippen LogP) is 1.10. The van der Waals surface area contributed by atoms with Crippen LogP contribution >= 0.6 is 0 Å². The van der Waals surface area contributed by atoms with Crippen LogP contribution in [0.15, 0.2) is 30.3 Å². The van der Waals surface area contributed by atoms with Gasteiger partial charge in [-0.3, -0.25) is 0 Å². The summed E-state index contributed by atoms with van der Waals surface area (Å²) in [5, 5.41) is 3.15. The lowest BCUT2D eigenvalue weighted by Gasteiger charge is -2.13. The smallest absolute Gasteiger partial charge is 0.215 e. The molecular weight excluding hydrogens is 236 g/mol. The maximum absolute atomic E-state index is 11.8. The monoisotopic (exact) mass is 256 g/mol. The van der Waals surface area contributed by atoms with Gasteiger partial charge in [0.25, 0.3) is 0 Å². The van der Waals surface area contributed by atoms with Crippen LogP contribution in [0.25, 0.3) is 0 Å². The van der Waals surface area contributed by atoms with Gasteiger partial charge >= 0.3 is 0 Å². The molecule has 2 N–H and O–H groups in total. The van der Waals surface area contributed by atoms with E-state index in [1.54, 1.807) is 0 Å². The van der Waals surface area contributed by atoms with Gasteiger partial charge < -0.3 is 5.32 Å². The number of hydrogen-bond donors (Lipinski definition) is 2. The van der Waals surface area contributed by atoms with Crippen LogP contribution in [0.5, 0.6) is 0 Å². The number of likely N-dealkylation sites (N-methyl/N-ethyl adjacent to an activating group) is 1. The Morgan fingerprint density at radius 1 is 1.24 bits per heavy atom. The minimum atomic E-state index is -3.24. The molecule has 0 aliphatic carbocycles. The van der Waals surface area contributed by atoms with Crippen LogP contribution in [0, 0.1) is 0 Å². The highest BCUT2D eigenvalue weighted by Gasteiger charge is 2.12. The van der Waals surface area contributed by atoms with Crippen molar-refractivity contribution in [3.63, 3.8) is 0 Å². The summed E-state index contributed by atoms with van der Waals surface area (Å²) in [5.41, 5.74) is 0.802. The van der Waals surface area contributed by atoms with Crippen LogP contribution in [0.3, 0.4) is 0 Å². The number of sulfonamides is 1. The highest BCUT2D eigenvalue weighted by molar-refractivity contribution is 7.88. The Morgan fingerprint density at radius 2 is 1.88 bits per heavy atom. The number of hydrogen-bond acceptors (Lipinski definition) is 3. The molecule has 0 aliphatic rings.